The van der Waals surface area contributed by atoms with Gasteiger partial charge in [-0.15, -0.1) is 0 Å². The second-order valence-corrected chi connectivity index (χ2v) is 8.76. The maximum atomic E-state index is 6.44. The van der Waals surface area contributed by atoms with Crippen LogP contribution in [-0.2, 0) is 9.47 Å². The highest BCUT2D eigenvalue weighted by Crippen LogP contribution is 2.35. The third-order valence-corrected chi connectivity index (χ3v) is 6.70. The fraction of sp³-hybridized carbons (Fsp3) is 0.478. The first-order valence-electron chi connectivity index (χ1n) is 10.5. The monoisotopic (exact) mass is 463 g/mol. The average molecular weight is 464 g/mol. The van der Waals surface area contributed by atoms with Crippen molar-refractivity contribution in [1.29, 1.82) is 0 Å². The Bertz CT molecular complexity index is 1000. The molecule has 6 nitrogen and oxygen atoms in total. The Morgan fingerprint density at radius 3 is 2.74 bits per heavy atom. The maximum absolute atomic E-state index is 6.44. The Balaban J connectivity index is 1.52. The van der Waals surface area contributed by atoms with E-state index in [2.05, 4.69) is 14.9 Å². The van der Waals surface area contributed by atoms with Crippen molar-refractivity contribution in [2.45, 2.75) is 25.4 Å². The third-order valence-electron chi connectivity index (χ3n) is 5.89. The average Bonchev–Trinajstić information content (AvgIpc) is 2.79. The number of hydrogen-bond acceptors (Lipinski definition) is 6. The van der Waals surface area contributed by atoms with Crippen molar-refractivity contribution >= 4 is 45.6 Å². The second-order valence-electron chi connectivity index (χ2n) is 7.94. The summed E-state index contributed by atoms with van der Waals surface area (Å²) in [6.07, 6.45) is 3.40. The Hall–Kier alpha value is -1.70. The number of ether oxygens (including phenoxy) is 3. The smallest absolute Gasteiger partial charge is 0.152 e. The molecule has 1 saturated heterocycles. The molecule has 31 heavy (non-hydrogen) atoms. The molecule has 1 atom stereocenters. The first kappa shape index (κ1) is 22.5. The van der Waals surface area contributed by atoms with E-state index in [4.69, 9.17) is 37.4 Å². The van der Waals surface area contributed by atoms with Gasteiger partial charge in [0.25, 0.3) is 0 Å². The van der Waals surface area contributed by atoms with Crippen LogP contribution in [0.25, 0.3) is 10.9 Å². The molecule has 0 spiro atoms. The molecular weight excluding hydrogens is 437 g/mol. The number of benzene rings is 1. The van der Waals surface area contributed by atoms with E-state index in [0.29, 0.717) is 28.0 Å². The summed E-state index contributed by atoms with van der Waals surface area (Å²) in [4.78, 5) is 11.7. The van der Waals surface area contributed by atoms with E-state index in [1.807, 2.05) is 37.3 Å². The molecule has 0 bridgehead atoms. The van der Waals surface area contributed by atoms with Gasteiger partial charge in [-0.1, -0.05) is 23.2 Å². The number of aliphatic imine (C=N–C) groups is 1. The van der Waals surface area contributed by atoms with E-state index in [0.717, 1.165) is 62.5 Å². The molecule has 8 heteroatoms. The van der Waals surface area contributed by atoms with Crippen LogP contribution in [0.5, 0.6) is 5.75 Å². The van der Waals surface area contributed by atoms with Crippen LogP contribution in [0.2, 0.25) is 5.02 Å². The molecule has 0 saturated carbocycles. The van der Waals surface area contributed by atoms with Crippen molar-refractivity contribution < 1.29 is 14.2 Å². The second kappa shape index (κ2) is 9.84. The first-order chi connectivity index (χ1) is 15.0. The van der Waals surface area contributed by atoms with E-state index in [1.54, 1.807) is 7.11 Å². The summed E-state index contributed by atoms with van der Waals surface area (Å²) in [5, 5.41) is 2.10. The minimum Gasteiger partial charge on any atom is -0.492 e. The lowest BCUT2D eigenvalue weighted by Crippen LogP contribution is -2.38. The zero-order valence-corrected chi connectivity index (χ0v) is 19.4. The molecule has 166 valence electrons. The Labute approximate surface area is 192 Å². The summed E-state index contributed by atoms with van der Waals surface area (Å²) in [6, 6.07) is 7.56. The lowest BCUT2D eigenvalue weighted by atomic mass is 9.91. The number of allylic oxidation sites excluding steroid dienone is 1. The van der Waals surface area contributed by atoms with E-state index < -0.39 is 5.60 Å². The molecule has 1 aliphatic heterocycles. The maximum Gasteiger partial charge on any atom is 0.152 e. The highest BCUT2D eigenvalue weighted by Gasteiger charge is 2.31. The van der Waals surface area contributed by atoms with Crippen molar-refractivity contribution in [2.24, 2.45) is 4.99 Å². The summed E-state index contributed by atoms with van der Waals surface area (Å²) >= 11 is 12.9. The molecule has 4 rings (SSSR count). The van der Waals surface area contributed by atoms with E-state index >= 15 is 0 Å². The predicted octanol–water partition coefficient (Wildman–Crippen LogP) is 4.99. The minimum atomic E-state index is -0.450. The van der Waals surface area contributed by atoms with Crippen LogP contribution < -0.4 is 4.74 Å². The van der Waals surface area contributed by atoms with Gasteiger partial charge in [0, 0.05) is 37.8 Å². The highest BCUT2D eigenvalue weighted by atomic mass is 35.5. The standard InChI is InChI=1S/C23H27Cl2N3O3/c1-23(29-2)8-7-16(15-20(23)25)26-21-6-3-17-19(5-4-18(24)22(17)27-21)31-14-11-28-9-12-30-13-10-28/h3-6,15H,7-14H2,1-2H3. The number of pyridine rings is 1. The van der Waals surface area contributed by atoms with Crippen molar-refractivity contribution in [3.05, 3.63) is 40.4 Å². The fourth-order valence-corrected chi connectivity index (χ4v) is 4.24. The Morgan fingerprint density at radius 2 is 2.00 bits per heavy atom. The van der Waals surface area contributed by atoms with Crippen LogP contribution in [0.3, 0.4) is 0 Å². The lowest BCUT2D eigenvalue weighted by Gasteiger charge is -2.31. The summed E-state index contributed by atoms with van der Waals surface area (Å²) < 4.78 is 17.0. The third kappa shape index (κ3) is 5.21. The number of nitrogens with zero attached hydrogens (tertiary/aromatic N) is 3. The van der Waals surface area contributed by atoms with Gasteiger partial charge >= 0.3 is 0 Å². The van der Waals surface area contributed by atoms with Gasteiger partial charge in [-0.2, -0.15) is 0 Å². The normalized spacial score (nSPS) is 23.9. The number of rotatable bonds is 6. The Kier molecular flexibility index (Phi) is 7.14. The molecule has 1 aromatic carbocycles. The van der Waals surface area contributed by atoms with Gasteiger partial charge in [0.2, 0.25) is 0 Å². The van der Waals surface area contributed by atoms with Crippen LogP contribution in [0.15, 0.2) is 40.4 Å². The van der Waals surface area contributed by atoms with Crippen molar-refractivity contribution in [1.82, 2.24) is 9.88 Å². The van der Waals surface area contributed by atoms with Crippen molar-refractivity contribution in [3.8, 4) is 5.75 Å². The largest absolute Gasteiger partial charge is 0.492 e. The van der Waals surface area contributed by atoms with Crippen molar-refractivity contribution in [2.75, 3.05) is 46.6 Å². The topological polar surface area (TPSA) is 56.2 Å². The van der Waals surface area contributed by atoms with Gasteiger partial charge < -0.3 is 14.2 Å². The molecule has 1 fully saturated rings. The van der Waals surface area contributed by atoms with Gasteiger partial charge in [-0.3, -0.25) is 4.90 Å². The van der Waals surface area contributed by atoms with Crippen LogP contribution in [0.4, 0.5) is 5.82 Å². The van der Waals surface area contributed by atoms with Crippen LogP contribution in [-0.4, -0.2) is 67.8 Å². The molecular formula is C23H27Cl2N3O3. The number of aromatic nitrogens is 1. The first-order valence-corrected chi connectivity index (χ1v) is 11.3. The van der Waals surface area contributed by atoms with E-state index in [9.17, 15) is 0 Å². The molecule has 2 aromatic rings. The number of halogens is 2. The summed E-state index contributed by atoms with van der Waals surface area (Å²) in [6.45, 7) is 6.89. The number of methoxy groups -OCH3 is 1. The zero-order chi connectivity index (χ0) is 21.8. The minimum absolute atomic E-state index is 0.450. The molecule has 2 heterocycles. The fourth-order valence-electron chi connectivity index (χ4n) is 3.74. The van der Waals surface area contributed by atoms with Gasteiger partial charge in [0.1, 0.15) is 18.0 Å². The molecule has 0 N–H and O–H groups in total. The van der Waals surface area contributed by atoms with Gasteiger partial charge in [0.05, 0.1) is 28.8 Å². The lowest BCUT2D eigenvalue weighted by molar-refractivity contribution is 0.0323. The van der Waals surface area contributed by atoms with Crippen molar-refractivity contribution in [3.63, 3.8) is 0 Å². The summed E-state index contributed by atoms with van der Waals surface area (Å²) in [5.41, 5.74) is 1.11. The Morgan fingerprint density at radius 1 is 1.19 bits per heavy atom. The van der Waals surface area contributed by atoms with E-state index in [1.165, 1.54) is 0 Å². The molecule has 0 amide bonds. The molecule has 0 radical (unpaired) electrons. The molecule has 2 aliphatic rings. The summed E-state index contributed by atoms with van der Waals surface area (Å²) in [7, 11) is 1.67. The van der Waals surface area contributed by atoms with E-state index in [-0.39, 0.29) is 0 Å². The van der Waals surface area contributed by atoms with Crippen LogP contribution in [0, 0.1) is 0 Å². The molecule has 1 aromatic heterocycles. The quantitative estimate of drug-likeness (QED) is 0.603. The SMILES string of the molecule is COC1(C)CCC(=Nc2ccc3c(OCCN4CCOCC4)ccc(Cl)c3n2)C=C1Cl. The zero-order valence-electron chi connectivity index (χ0n) is 17.9. The number of morpholine rings is 1. The number of hydrogen-bond donors (Lipinski definition) is 0. The van der Waals surface area contributed by atoms with Gasteiger partial charge in [-0.25, -0.2) is 9.98 Å². The number of fused-ring (bicyclic) bond motifs is 1. The molecule has 1 aliphatic carbocycles. The van der Waals surface area contributed by atoms with Crippen LogP contribution in [0.1, 0.15) is 19.8 Å². The summed E-state index contributed by atoms with van der Waals surface area (Å²) in [5.74, 6) is 1.37. The predicted molar refractivity (Wildman–Crippen MR) is 125 cm³/mol. The van der Waals surface area contributed by atoms with Gasteiger partial charge in [0.15, 0.2) is 5.82 Å². The van der Waals surface area contributed by atoms with Crippen LogP contribution >= 0.6 is 23.2 Å². The highest BCUT2D eigenvalue weighted by molar-refractivity contribution is 6.35. The van der Waals surface area contributed by atoms with Gasteiger partial charge in [-0.05, 0) is 50.1 Å². The molecule has 1 unspecified atom stereocenters.